The molecule has 1 aromatic heterocycles. The quantitative estimate of drug-likeness (QED) is 0.549. The molecule has 3 aromatic rings. The van der Waals surface area contributed by atoms with Crippen molar-refractivity contribution in [2.75, 3.05) is 18.5 Å². The second kappa shape index (κ2) is 9.04. The number of nitrogens with one attached hydrogen (secondary N) is 2. The van der Waals surface area contributed by atoms with Crippen molar-refractivity contribution in [2.24, 2.45) is 0 Å². The fourth-order valence-corrected chi connectivity index (χ4v) is 3.03. The second-order valence-corrected chi connectivity index (χ2v) is 6.91. The van der Waals surface area contributed by atoms with Crippen molar-refractivity contribution in [3.05, 3.63) is 68.7 Å². The van der Waals surface area contributed by atoms with E-state index in [1.54, 1.807) is 18.2 Å². The van der Waals surface area contributed by atoms with Crippen LogP contribution < -0.4 is 16.2 Å². The van der Waals surface area contributed by atoms with Gasteiger partial charge in [0.1, 0.15) is 6.61 Å². The van der Waals surface area contributed by atoms with Crippen molar-refractivity contribution in [2.45, 2.75) is 6.54 Å². The van der Waals surface area contributed by atoms with E-state index < -0.39 is 18.4 Å². The predicted molar refractivity (Wildman–Crippen MR) is 111 cm³/mol. The highest BCUT2D eigenvalue weighted by Crippen LogP contribution is 2.20. The molecule has 0 fully saturated rings. The SMILES string of the molecule is O=C(CO)Nc1ccc2ncn(CCNC(=O)c3cc(Cl)ccc3Cl)c(=O)c2c1. The molecule has 3 N–H and O–H groups in total. The number of aliphatic hydroxyl groups is 1. The Hall–Kier alpha value is -2.94. The van der Waals surface area contributed by atoms with Crippen molar-refractivity contribution in [3.8, 4) is 0 Å². The highest BCUT2D eigenvalue weighted by atomic mass is 35.5. The number of carbonyl (C=O) groups excluding carboxylic acids is 2. The van der Waals surface area contributed by atoms with Crippen molar-refractivity contribution >= 4 is 51.6 Å². The maximum absolute atomic E-state index is 12.7. The van der Waals surface area contributed by atoms with E-state index in [2.05, 4.69) is 15.6 Å². The van der Waals surface area contributed by atoms with Gasteiger partial charge in [-0.25, -0.2) is 4.98 Å². The summed E-state index contributed by atoms with van der Waals surface area (Å²) in [5.41, 5.74) is 0.748. The summed E-state index contributed by atoms with van der Waals surface area (Å²) in [6.45, 7) is -0.319. The number of rotatable bonds is 6. The van der Waals surface area contributed by atoms with Crippen LogP contribution in [0.4, 0.5) is 5.69 Å². The zero-order valence-electron chi connectivity index (χ0n) is 15.0. The summed E-state index contributed by atoms with van der Waals surface area (Å²) in [5.74, 6) is -0.996. The summed E-state index contributed by atoms with van der Waals surface area (Å²) >= 11 is 11.9. The molecule has 0 atom stereocenters. The normalized spacial score (nSPS) is 10.7. The average Bonchev–Trinajstić information content (AvgIpc) is 2.71. The Morgan fingerprint density at radius 2 is 1.93 bits per heavy atom. The minimum atomic E-state index is -0.661. The number of amides is 2. The van der Waals surface area contributed by atoms with E-state index in [0.29, 0.717) is 21.6 Å². The average molecular weight is 435 g/mol. The van der Waals surface area contributed by atoms with Gasteiger partial charge in [0.2, 0.25) is 5.91 Å². The molecule has 0 bridgehead atoms. The van der Waals surface area contributed by atoms with E-state index in [-0.39, 0.29) is 29.2 Å². The van der Waals surface area contributed by atoms with E-state index in [9.17, 15) is 14.4 Å². The fraction of sp³-hybridized carbons (Fsp3) is 0.158. The van der Waals surface area contributed by atoms with E-state index >= 15 is 0 Å². The van der Waals surface area contributed by atoms with E-state index in [1.807, 2.05) is 0 Å². The molecule has 1 heterocycles. The molecule has 3 rings (SSSR count). The molecule has 0 radical (unpaired) electrons. The molecule has 10 heteroatoms. The molecule has 0 unspecified atom stereocenters. The maximum atomic E-state index is 12.7. The summed E-state index contributed by atoms with van der Waals surface area (Å²) in [7, 11) is 0. The third-order valence-corrected chi connectivity index (χ3v) is 4.63. The first-order chi connectivity index (χ1) is 13.9. The van der Waals surface area contributed by atoms with Crippen LogP contribution in [0.25, 0.3) is 10.9 Å². The highest BCUT2D eigenvalue weighted by Gasteiger charge is 2.11. The Morgan fingerprint density at radius 3 is 2.69 bits per heavy atom. The molecule has 0 aliphatic carbocycles. The summed E-state index contributed by atoms with van der Waals surface area (Å²) in [6, 6.07) is 9.24. The number of halogens is 2. The molecule has 29 heavy (non-hydrogen) atoms. The standard InChI is InChI=1S/C19H16Cl2N4O4/c20-11-1-3-15(21)13(7-11)18(28)22-5-6-25-10-23-16-4-2-12(24-17(27)9-26)8-14(16)19(25)29/h1-4,7-8,10,26H,5-6,9H2,(H,22,28)(H,24,27). The van der Waals surface area contributed by atoms with Gasteiger partial charge in [0.05, 0.1) is 27.8 Å². The minimum absolute atomic E-state index is 0.162. The molecule has 0 aliphatic heterocycles. The minimum Gasteiger partial charge on any atom is -0.387 e. The smallest absolute Gasteiger partial charge is 0.261 e. The van der Waals surface area contributed by atoms with Crippen LogP contribution in [0.5, 0.6) is 0 Å². The van der Waals surface area contributed by atoms with E-state index in [1.165, 1.54) is 29.1 Å². The van der Waals surface area contributed by atoms with Gasteiger partial charge in [0.15, 0.2) is 0 Å². The number of nitrogens with zero attached hydrogens (tertiary/aromatic N) is 2. The van der Waals surface area contributed by atoms with Gasteiger partial charge in [0.25, 0.3) is 11.5 Å². The fourth-order valence-electron chi connectivity index (χ4n) is 2.65. The van der Waals surface area contributed by atoms with Crippen LogP contribution in [-0.4, -0.2) is 39.6 Å². The van der Waals surface area contributed by atoms with Crippen LogP contribution in [0.15, 0.2) is 47.5 Å². The molecule has 0 saturated heterocycles. The molecule has 8 nitrogen and oxygen atoms in total. The summed E-state index contributed by atoms with van der Waals surface area (Å²) in [6.07, 6.45) is 1.38. The molecular weight excluding hydrogens is 419 g/mol. The van der Waals surface area contributed by atoms with Gasteiger partial charge in [-0.1, -0.05) is 23.2 Å². The largest absolute Gasteiger partial charge is 0.387 e. The van der Waals surface area contributed by atoms with Crippen LogP contribution in [0, 0.1) is 0 Å². The number of anilines is 1. The van der Waals surface area contributed by atoms with Gasteiger partial charge in [-0.2, -0.15) is 0 Å². The van der Waals surface area contributed by atoms with E-state index in [0.717, 1.165) is 0 Å². The zero-order valence-corrected chi connectivity index (χ0v) is 16.5. The maximum Gasteiger partial charge on any atom is 0.261 e. The lowest BCUT2D eigenvalue weighted by Gasteiger charge is -2.10. The van der Waals surface area contributed by atoms with E-state index in [4.69, 9.17) is 28.3 Å². The van der Waals surface area contributed by atoms with Crippen LogP contribution >= 0.6 is 23.2 Å². The number of hydrogen-bond acceptors (Lipinski definition) is 5. The van der Waals surface area contributed by atoms with Crippen molar-refractivity contribution in [3.63, 3.8) is 0 Å². The molecule has 2 amide bonds. The van der Waals surface area contributed by atoms with Gasteiger partial charge in [-0.05, 0) is 36.4 Å². The monoisotopic (exact) mass is 434 g/mol. The van der Waals surface area contributed by atoms with Gasteiger partial charge in [0, 0.05) is 23.8 Å². The predicted octanol–water partition coefficient (Wildman–Crippen LogP) is 2.06. The van der Waals surface area contributed by atoms with Crippen LogP contribution in [0.2, 0.25) is 10.0 Å². The van der Waals surface area contributed by atoms with Crippen LogP contribution in [-0.2, 0) is 11.3 Å². The zero-order chi connectivity index (χ0) is 21.0. The first-order valence-corrected chi connectivity index (χ1v) is 9.28. The Labute approximate surface area is 175 Å². The third kappa shape index (κ3) is 4.92. The summed E-state index contributed by atoms with van der Waals surface area (Å²) in [4.78, 5) is 40.5. The van der Waals surface area contributed by atoms with Gasteiger partial charge in [-0.15, -0.1) is 0 Å². The topological polar surface area (TPSA) is 113 Å². The number of aliphatic hydroxyl groups excluding tert-OH is 1. The van der Waals surface area contributed by atoms with Gasteiger partial charge >= 0.3 is 0 Å². The molecular formula is C19H16Cl2N4O4. The molecule has 0 aliphatic rings. The van der Waals surface area contributed by atoms with Crippen molar-refractivity contribution in [1.29, 1.82) is 0 Å². The second-order valence-electron chi connectivity index (χ2n) is 6.06. The summed E-state index contributed by atoms with van der Waals surface area (Å²) in [5, 5.41) is 14.9. The van der Waals surface area contributed by atoms with Crippen LogP contribution in [0.3, 0.4) is 0 Å². The van der Waals surface area contributed by atoms with Crippen molar-refractivity contribution in [1.82, 2.24) is 14.9 Å². The molecule has 0 spiro atoms. The highest BCUT2D eigenvalue weighted by molar-refractivity contribution is 6.35. The lowest BCUT2D eigenvalue weighted by Crippen LogP contribution is -2.31. The number of benzene rings is 2. The van der Waals surface area contributed by atoms with Gasteiger partial charge in [-0.3, -0.25) is 19.0 Å². The number of carbonyl (C=O) groups is 2. The summed E-state index contributed by atoms with van der Waals surface area (Å²) < 4.78 is 1.35. The Bertz CT molecular complexity index is 1150. The third-order valence-electron chi connectivity index (χ3n) is 4.06. The number of aromatic nitrogens is 2. The molecule has 150 valence electrons. The Morgan fingerprint density at radius 1 is 1.14 bits per heavy atom. The Kier molecular flexibility index (Phi) is 6.48. The number of fused-ring (bicyclic) bond motifs is 1. The molecule has 0 saturated carbocycles. The lowest BCUT2D eigenvalue weighted by molar-refractivity contribution is -0.118. The van der Waals surface area contributed by atoms with Crippen LogP contribution in [0.1, 0.15) is 10.4 Å². The van der Waals surface area contributed by atoms with Gasteiger partial charge < -0.3 is 15.7 Å². The first kappa shape index (κ1) is 20.8. The van der Waals surface area contributed by atoms with Crippen molar-refractivity contribution < 1.29 is 14.7 Å². The lowest BCUT2D eigenvalue weighted by atomic mass is 10.2. The Balaban J connectivity index is 1.73. The first-order valence-electron chi connectivity index (χ1n) is 8.52. The number of hydrogen-bond donors (Lipinski definition) is 3. The molecule has 2 aromatic carbocycles.